The van der Waals surface area contributed by atoms with Gasteiger partial charge in [-0.3, -0.25) is 0 Å². The standard InChI is InChI=1S/C26H46O6Si/c1-9-10-22(18-27)25(31-20-28-5)17-24(32-33(7,8)26(2,3)4)15-16-30-19-21-11-13-23(29-6)14-12-21/h9,11-14,22,24-25,27H,1,10,15-20H2,2-8H3/t22-,24-,25-/m0/s1. The molecule has 0 saturated carbocycles. The molecule has 33 heavy (non-hydrogen) atoms. The second kappa shape index (κ2) is 14.9. The Labute approximate surface area is 202 Å². The maximum absolute atomic E-state index is 9.94. The molecule has 0 amide bonds. The van der Waals surface area contributed by atoms with Crippen LogP contribution in [0.4, 0.5) is 0 Å². The van der Waals surface area contributed by atoms with Crippen molar-refractivity contribution in [3.05, 3.63) is 42.5 Å². The molecule has 1 aromatic rings. The number of allylic oxidation sites excluding steroid dienone is 1. The lowest BCUT2D eigenvalue weighted by Crippen LogP contribution is -2.45. The fourth-order valence-corrected chi connectivity index (χ4v) is 4.71. The summed E-state index contributed by atoms with van der Waals surface area (Å²) >= 11 is 0. The van der Waals surface area contributed by atoms with Gasteiger partial charge in [0.2, 0.25) is 0 Å². The van der Waals surface area contributed by atoms with Crippen molar-refractivity contribution in [3.8, 4) is 5.75 Å². The Morgan fingerprint density at radius 2 is 1.79 bits per heavy atom. The number of hydrogen-bond acceptors (Lipinski definition) is 6. The fraction of sp³-hybridized carbons (Fsp3) is 0.692. The highest BCUT2D eigenvalue weighted by atomic mass is 28.4. The van der Waals surface area contributed by atoms with Crippen LogP contribution in [-0.4, -0.2) is 59.9 Å². The predicted octanol–water partition coefficient (Wildman–Crippen LogP) is 5.56. The van der Waals surface area contributed by atoms with Gasteiger partial charge >= 0.3 is 0 Å². The summed E-state index contributed by atoms with van der Waals surface area (Å²) in [6.07, 6.45) is 3.69. The molecule has 0 aliphatic rings. The average molecular weight is 483 g/mol. The molecular weight excluding hydrogens is 436 g/mol. The van der Waals surface area contributed by atoms with E-state index in [2.05, 4.69) is 40.4 Å². The number of benzene rings is 1. The highest BCUT2D eigenvalue weighted by Gasteiger charge is 2.40. The maximum Gasteiger partial charge on any atom is 0.192 e. The first-order valence-electron chi connectivity index (χ1n) is 11.8. The number of aliphatic hydroxyl groups excluding tert-OH is 1. The second-order valence-electron chi connectivity index (χ2n) is 10.0. The lowest BCUT2D eigenvalue weighted by molar-refractivity contribution is -0.110. The van der Waals surface area contributed by atoms with E-state index in [0.717, 1.165) is 17.7 Å². The Morgan fingerprint density at radius 3 is 2.30 bits per heavy atom. The molecule has 3 atom stereocenters. The van der Waals surface area contributed by atoms with E-state index in [1.165, 1.54) is 0 Å². The minimum absolute atomic E-state index is 0.0290. The number of ether oxygens (including phenoxy) is 4. The molecule has 0 aliphatic carbocycles. The van der Waals surface area contributed by atoms with Crippen LogP contribution >= 0.6 is 0 Å². The zero-order valence-electron chi connectivity index (χ0n) is 21.8. The van der Waals surface area contributed by atoms with E-state index in [0.29, 0.717) is 26.1 Å². The second-order valence-corrected chi connectivity index (χ2v) is 14.8. The van der Waals surface area contributed by atoms with Crippen LogP contribution in [0.1, 0.15) is 45.6 Å². The molecule has 6 nitrogen and oxygen atoms in total. The van der Waals surface area contributed by atoms with E-state index in [1.807, 2.05) is 30.3 Å². The summed E-state index contributed by atoms with van der Waals surface area (Å²) < 4.78 is 29.1. The molecule has 1 rings (SSSR count). The van der Waals surface area contributed by atoms with Crippen LogP contribution in [-0.2, 0) is 25.2 Å². The Bertz CT molecular complexity index is 656. The lowest BCUT2D eigenvalue weighted by Gasteiger charge is -2.40. The van der Waals surface area contributed by atoms with E-state index in [-0.39, 0.29) is 36.6 Å². The summed E-state index contributed by atoms with van der Waals surface area (Å²) in [5.41, 5.74) is 1.10. The van der Waals surface area contributed by atoms with Gasteiger partial charge in [0.25, 0.3) is 0 Å². The van der Waals surface area contributed by atoms with Crippen molar-refractivity contribution in [2.24, 2.45) is 5.92 Å². The first-order valence-corrected chi connectivity index (χ1v) is 14.7. The van der Waals surface area contributed by atoms with Gasteiger partial charge in [0.05, 0.1) is 19.8 Å². The molecule has 0 aromatic heterocycles. The SMILES string of the molecule is C=CC[C@@H](CO)[C@H](C[C@H](CCOCc1ccc(OC)cc1)O[Si](C)(C)C(C)(C)C)OCOC. The third kappa shape index (κ3) is 10.7. The Kier molecular flexibility index (Phi) is 13.5. The van der Waals surface area contributed by atoms with E-state index in [9.17, 15) is 5.11 Å². The van der Waals surface area contributed by atoms with Crippen molar-refractivity contribution in [1.29, 1.82) is 0 Å². The lowest BCUT2D eigenvalue weighted by atomic mass is 9.94. The van der Waals surface area contributed by atoms with E-state index in [4.69, 9.17) is 23.4 Å². The van der Waals surface area contributed by atoms with Gasteiger partial charge in [-0.1, -0.05) is 39.0 Å². The van der Waals surface area contributed by atoms with Crippen molar-refractivity contribution in [2.45, 2.75) is 77.0 Å². The number of aliphatic hydroxyl groups is 1. The topological polar surface area (TPSA) is 66.4 Å². The molecule has 7 heteroatoms. The minimum atomic E-state index is -2.00. The van der Waals surface area contributed by atoms with Crippen LogP contribution in [0.3, 0.4) is 0 Å². The summed E-state index contributed by atoms with van der Waals surface area (Å²) in [5.74, 6) is 0.782. The molecule has 0 spiro atoms. The van der Waals surface area contributed by atoms with Gasteiger partial charge in [-0.25, -0.2) is 0 Å². The van der Waals surface area contributed by atoms with Gasteiger partial charge in [-0.05, 0) is 55.1 Å². The van der Waals surface area contributed by atoms with Gasteiger partial charge in [-0.2, -0.15) is 0 Å². The predicted molar refractivity (Wildman–Crippen MR) is 136 cm³/mol. The van der Waals surface area contributed by atoms with Crippen LogP contribution in [0.5, 0.6) is 5.75 Å². The molecule has 0 saturated heterocycles. The summed E-state index contributed by atoms with van der Waals surface area (Å²) in [6.45, 7) is 16.4. The van der Waals surface area contributed by atoms with E-state index < -0.39 is 8.32 Å². The molecule has 1 aromatic carbocycles. The number of hydrogen-bond donors (Lipinski definition) is 1. The highest BCUT2D eigenvalue weighted by Crippen LogP contribution is 2.38. The normalized spacial score (nSPS) is 15.2. The van der Waals surface area contributed by atoms with Gasteiger partial charge in [-0.15, -0.1) is 6.58 Å². The summed E-state index contributed by atoms with van der Waals surface area (Å²) in [7, 11) is 1.26. The van der Waals surface area contributed by atoms with E-state index >= 15 is 0 Å². The highest BCUT2D eigenvalue weighted by molar-refractivity contribution is 6.74. The summed E-state index contributed by atoms with van der Waals surface area (Å²) in [5, 5.41) is 10.0. The van der Waals surface area contributed by atoms with Gasteiger partial charge in [0.15, 0.2) is 8.32 Å². The molecule has 190 valence electrons. The van der Waals surface area contributed by atoms with Crippen LogP contribution < -0.4 is 4.74 Å². The zero-order chi connectivity index (χ0) is 24.9. The van der Waals surface area contributed by atoms with Crippen molar-refractivity contribution < 1.29 is 28.5 Å². The van der Waals surface area contributed by atoms with E-state index in [1.54, 1.807) is 14.2 Å². The molecule has 1 N–H and O–H groups in total. The molecular formula is C26H46O6Si. The first-order chi connectivity index (χ1) is 15.6. The summed E-state index contributed by atoms with van der Waals surface area (Å²) in [4.78, 5) is 0. The third-order valence-corrected chi connectivity index (χ3v) is 10.9. The zero-order valence-corrected chi connectivity index (χ0v) is 22.8. The Hall–Kier alpha value is -1.22. The Balaban J connectivity index is 2.85. The molecule has 0 heterocycles. The molecule has 0 radical (unpaired) electrons. The number of rotatable bonds is 17. The van der Waals surface area contributed by atoms with Crippen molar-refractivity contribution in [3.63, 3.8) is 0 Å². The molecule has 0 aliphatic heterocycles. The first kappa shape index (κ1) is 29.8. The fourth-order valence-electron chi connectivity index (χ4n) is 3.31. The van der Waals surface area contributed by atoms with Crippen LogP contribution in [0.2, 0.25) is 18.1 Å². The van der Waals surface area contributed by atoms with Crippen molar-refractivity contribution >= 4 is 8.32 Å². The van der Waals surface area contributed by atoms with Crippen LogP contribution in [0.15, 0.2) is 36.9 Å². The monoisotopic (exact) mass is 482 g/mol. The molecule has 0 fully saturated rings. The maximum atomic E-state index is 9.94. The van der Waals surface area contributed by atoms with Crippen molar-refractivity contribution in [1.82, 2.24) is 0 Å². The minimum Gasteiger partial charge on any atom is -0.497 e. The third-order valence-electron chi connectivity index (χ3n) is 6.40. The van der Waals surface area contributed by atoms with Gasteiger partial charge in [0.1, 0.15) is 12.5 Å². The van der Waals surface area contributed by atoms with Crippen LogP contribution in [0.25, 0.3) is 0 Å². The largest absolute Gasteiger partial charge is 0.497 e. The van der Waals surface area contributed by atoms with Crippen molar-refractivity contribution in [2.75, 3.05) is 34.2 Å². The smallest absolute Gasteiger partial charge is 0.192 e. The average Bonchev–Trinajstić information content (AvgIpc) is 2.77. The van der Waals surface area contributed by atoms with Crippen LogP contribution in [0, 0.1) is 5.92 Å². The Morgan fingerprint density at radius 1 is 1.12 bits per heavy atom. The summed E-state index contributed by atoms with van der Waals surface area (Å²) in [6, 6.07) is 7.90. The molecule has 0 unspecified atom stereocenters. The quantitative estimate of drug-likeness (QED) is 0.136. The van der Waals surface area contributed by atoms with Gasteiger partial charge < -0.3 is 28.5 Å². The van der Waals surface area contributed by atoms with Gasteiger partial charge in [0, 0.05) is 32.3 Å². The molecule has 0 bridgehead atoms. The number of methoxy groups -OCH3 is 2.